The Balaban J connectivity index is 3.57. The molecule has 1 atom stereocenters. The molecule has 0 aromatic carbocycles. The summed E-state index contributed by atoms with van der Waals surface area (Å²) in [6, 6.07) is -0.733. The standard InChI is InChI=1S/C10H20N4O4/c11-7(3-1-5-14-10(12)13)9(17)18-6-2-4-8(15)16/h7H,1-6,11H2,(H,15,16)(H4,12,13,14)/t7-/m0/s1. The van der Waals surface area contributed by atoms with Gasteiger partial charge in [-0.3, -0.25) is 15.0 Å². The Labute approximate surface area is 105 Å². The molecule has 7 N–H and O–H groups in total. The highest BCUT2D eigenvalue weighted by molar-refractivity contribution is 5.75. The van der Waals surface area contributed by atoms with Crippen LogP contribution in [-0.4, -0.2) is 42.2 Å². The number of esters is 1. The lowest BCUT2D eigenvalue weighted by atomic mass is 10.2. The van der Waals surface area contributed by atoms with Crippen molar-refractivity contribution in [3.63, 3.8) is 0 Å². The third-order valence-electron chi connectivity index (χ3n) is 2.09. The van der Waals surface area contributed by atoms with Crippen LogP contribution in [0, 0.1) is 5.41 Å². The molecule has 8 heteroatoms. The van der Waals surface area contributed by atoms with Crippen LogP contribution in [0.2, 0.25) is 0 Å². The van der Waals surface area contributed by atoms with Crippen LogP contribution in [0.25, 0.3) is 0 Å². The lowest BCUT2D eigenvalue weighted by molar-refractivity contribution is -0.147. The molecular formula is C10H20N4O4. The number of carbonyl (C=O) groups excluding carboxylic acids is 1. The second-order valence-corrected chi connectivity index (χ2v) is 3.75. The molecule has 0 aliphatic rings. The number of nitrogens with one attached hydrogen (secondary N) is 2. The van der Waals surface area contributed by atoms with Crippen molar-refractivity contribution in [2.24, 2.45) is 11.5 Å². The number of carboxylic acid groups (broad SMARTS) is 1. The third kappa shape index (κ3) is 9.40. The first kappa shape index (κ1) is 16.2. The van der Waals surface area contributed by atoms with E-state index < -0.39 is 18.0 Å². The molecule has 0 aliphatic heterocycles. The van der Waals surface area contributed by atoms with Crippen molar-refractivity contribution >= 4 is 17.9 Å². The predicted molar refractivity (Wildman–Crippen MR) is 65.0 cm³/mol. The molecule has 8 nitrogen and oxygen atoms in total. The minimum atomic E-state index is -0.925. The van der Waals surface area contributed by atoms with E-state index in [0.29, 0.717) is 19.4 Å². The monoisotopic (exact) mass is 260 g/mol. The van der Waals surface area contributed by atoms with Crippen LogP contribution >= 0.6 is 0 Å². The Hall–Kier alpha value is -1.83. The van der Waals surface area contributed by atoms with E-state index in [1.807, 2.05) is 0 Å². The number of carbonyl (C=O) groups is 2. The van der Waals surface area contributed by atoms with Gasteiger partial charge in [0.1, 0.15) is 6.04 Å². The van der Waals surface area contributed by atoms with Crippen molar-refractivity contribution in [2.75, 3.05) is 13.2 Å². The summed E-state index contributed by atoms with van der Waals surface area (Å²) in [6.45, 7) is 0.528. The van der Waals surface area contributed by atoms with E-state index in [1.54, 1.807) is 0 Å². The van der Waals surface area contributed by atoms with Gasteiger partial charge in [-0.1, -0.05) is 0 Å². The number of hydrogen-bond donors (Lipinski definition) is 5. The molecule has 0 saturated heterocycles. The Bertz CT molecular complexity index is 296. The average molecular weight is 260 g/mol. The largest absolute Gasteiger partial charge is 0.481 e. The van der Waals surface area contributed by atoms with E-state index in [1.165, 1.54) is 0 Å². The molecule has 0 bridgehead atoms. The van der Waals surface area contributed by atoms with Crippen LogP contribution in [0.3, 0.4) is 0 Å². The Kier molecular flexibility index (Phi) is 8.29. The minimum Gasteiger partial charge on any atom is -0.481 e. The smallest absolute Gasteiger partial charge is 0.322 e. The van der Waals surface area contributed by atoms with Crippen LogP contribution in [-0.2, 0) is 14.3 Å². The van der Waals surface area contributed by atoms with E-state index in [0.717, 1.165) is 0 Å². The third-order valence-corrected chi connectivity index (χ3v) is 2.09. The van der Waals surface area contributed by atoms with Gasteiger partial charge in [-0.2, -0.15) is 0 Å². The summed E-state index contributed by atoms with van der Waals surface area (Å²) in [6.07, 6.45) is 1.24. The normalized spacial score (nSPS) is 11.6. The van der Waals surface area contributed by atoms with Gasteiger partial charge >= 0.3 is 11.9 Å². The van der Waals surface area contributed by atoms with Crippen molar-refractivity contribution in [2.45, 2.75) is 31.7 Å². The highest BCUT2D eigenvalue weighted by atomic mass is 16.5. The molecule has 0 aromatic heterocycles. The van der Waals surface area contributed by atoms with Gasteiger partial charge in [-0.15, -0.1) is 0 Å². The summed E-state index contributed by atoms with van der Waals surface area (Å²) >= 11 is 0. The second-order valence-electron chi connectivity index (χ2n) is 3.75. The number of guanidine groups is 1. The molecule has 0 unspecified atom stereocenters. The van der Waals surface area contributed by atoms with Crippen LogP contribution in [0.1, 0.15) is 25.7 Å². The molecule has 0 heterocycles. The highest BCUT2D eigenvalue weighted by Gasteiger charge is 2.14. The van der Waals surface area contributed by atoms with E-state index in [2.05, 4.69) is 5.32 Å². The lowest BCUT2D eigenvalue weighted by Crippen LogP contribution is -2.35. The number of aliphatic carboxylic acids is 1. The molecule has 0 radical (unpaired) electrons. The quantitative estimate of drug-likeness (QED) is 0.154. The zero-order valence-electron chi connectivity index (χ0n) is 10.1. The summed E-state index contributed by atoms with van der Waals surface area (Å²) in [4.78, 5) is 21.5. The number of hydrogen-bond acceptors (Lipinski definition) is 5. The fraction of sp³-hybridized carbons (Fsp3) is 0.700. The van der Waals surface area contributed by atoms with Gasteiger partial charge in [-0.05, 0) is 19.3 Å². The molecule has 0 saturated carbocycles. The van der Waals surface area contributed by atoms with E-state index >= 15 is 0 Å². The maximum Gasteiger partial charge on any atom is 0.322 e. The SMILES string of the molecule is N=C(N)NCCC[C@H](N)C(=O)OCCCC(=O)O. The van der Waals surface area contributed by atoms with E-state index in [-0.39, 0.29) is 25.4 Å². The highest BCUT2D eigenvalue weighted by Crippen LogP contribution is 1.98. The average Bonchev–Trinajstić information content (AvgIpc) is 2.29. The number of ether oxygens (including phenoxy) is 1. The molecule has 0 amide bonds. The number of nitrogens with two attached hydrogens (primary N) is 2. The molecule has 0 spiro atoms. The van der Waals surface area contributed by atoms with Gasteiger partial charge in [0.25, 0.3) is 0 Å². The van der Waals surface area contributed by atoms with Crippen LogP contribution in [0.5, 0.6) is 0 Å². The fourth-order valence-electron chi connectivity index (χ4n) is 1.17. The van der Waals surface area contributed by atoms with Crippen LogP contribution in [0.15, 0.2) is 0 Å². The Morgan fingerprint density at radius 1 is 1.39 bits per heavy atom. The van der Waals surface area contributed by atoms with E-state index in [9.17, 15) is 9.59 Å². The van der Waals surface area contributed by atoms with Gasteiger partial charge in [0.2, 0.25) is 0 Å². The summed E-state index contributed by atoms with van der Waals surface area (Å²) in [5, 5.41) is 17.9. The van der Waals surface area contributed by atoms with Gasteiger partial charge in [-0.25, -0.2) is 0 Å². The first-order valence-corrected chi connectivity index (χ1v) is 5.65. The molecule has 104 valence electrons. The summed E-state index contributed by atoms with van der Waals surface area (Å²) in [7, 11) is 0. The summed E-state index contributed by atoms with van der Waals surface area (Å²) < 4.78 is 4.82. The molecular weight excluding hydrogens is 240 g/mol. The zero-order valence-corrected chi connectivity index (χ0v) is 10.1. The predicted octanol–water partition coefficient (Wildman–Crippen LogP) is -1.02. The zero-order chi connectivity index (χ0) is 14.0. The molecule has 0 fully saturated rings. The first-order chi connectivity index (χ1) is 8.43. The minimum absolute atomic E-state index is 0.0367. The van der Waals surface area contributed by atoms with E-state index in [4.69, 9.17) is 26.7 Å². The fourth-order valence-corrected chi connectivity index (χ4v) is 1.17. The summed E-state index contributed by atoms with van der Waals surface area (Å²) in [5.74, 6) is -1.59. The number of rotatable bonds is 9. The van der Waals surface area contributed by atoms with Gasteiger partial charge < -0.3 is 26.6 Å². The van der Waals surface area contributed by atoms with Crippen molar-refractivity contribution < 1.29 is 19.4 Å². The molecule has 18 heavy (non-hydrogen) atoms. The molecule has 0 aromatic rings. The van der Waals surface area contributed by atoms with Gasteiger partial charge in [0.05, 0.1) is 6.61 Å². The Morgan fingerprint density at radius 3 is 2.61 bits per heavy atom. The Morgan fingerprint density at radius 2 is 2.06 bits per heavy atom. The van der Waals surface area contributed by atoms with Crippen LogP contribution < -0.4 is 16.8 Å². The van der Waals surface area contributed by atoms with Crippen molar-refractivity contribution in [3.05, 3.63) is 0 Å². The lowest BCUT2D eigenvalue weighted by Gasteiger charge is -2.11. The molecule has 0 aliphatic carbocycles. The second kappa shape index (κ2) is 9.23. The van der Waals surface area contributed by atoms with Gasteiger partial charge in [0, 0.05) is 13.0 Å². The topological polar surface area (TPSA) is 152 Å². The van der Waals surface area contributed by atoms with Crippen molar-refractivity contribution in [3.8, 4) is 0 Å². The maximum absolute atomic E-state index is 11.3. The first-order valence-electron chi connectivity index (χ1n) is 5.65. The molecule has 0 rings (SSSR count). The number of carboxylic acids is 1. The van der Waals surface area contributed by atoms with Crippen LogP contribution in [0.4, 0.5) is 0 Å². The van der Waals surface area contributed by atoms with Gasteiger partial charge in [0.15, 0.2) is 5.96 Å². The van der Waals surface area contributed by atoms with Crippen molar-refractivity contribution in [1.29, 1.82) is 5.41 Å². The van der Waals surface area contributed by atoms with Crippen molar-refractivity contribution in [1.82, 2.24) is 5.32 Å². The summed E-state index contributed by atoms with van der Waals surface area (Å²) in [5.41, 5.74) is 10.6. The maximum atomic E-state index is 11.3.